The Morgan fingerprint density at radius 1 is 1.46 bits per heavy atom. The van der Waals surface area contributed by atoms with Crippen LogP contribution in [0.2, 0.25) is 0 Å². The highest BCUT2D eigenvalue weighted by Crippen LogP contribution is 2.05. The van der Waals surface area contributed by atoms with Gasteiger partial charge in [-0.2, -0.15) is 0 Å². The first-order chi connectivity index (χ1) is 6.20. The molecule has 1 N–H and O–H groups in total. The number of methoxy groups -OCH3 is 1. The minimum absolute atomic E-state index is 0.531. The number of hydrogen-bond acceptors (Lipinski definition) is 3. The van der Waals surface area contributed by atoms with Gasteiger partial charge in [-0.15, -0.1) is 0 Å². The van der Waals surface area contributed by atoms with Crippen molar-refractivity contribution in [3.63, 3.8) is 0 Å². The number of carbonyl (C=O) groups is 1. The van der Waals surface area contributed by atoms with E-state index >= 15 is 0 Å². The van der Waals surface area contributed by atoms with E-state index in [2.05, 4.69) is 20.7 Å². The molecule has 1 aromatic rings. The van der Waals surface area contributed by atoms with Crippen LogP contribution in [0.15, 0.2) is 34.8 Å². The molecule has 0 aliphatic rings. The molecule has 0 saturated carbocycles. The quantitative estimate of drug-likeness (QED) is 0.766. The zero-order chi connectivity index (χ0) is 10.1. The first kappa shape index (κ1) is 12.1. The Kier molecular flexibility index (Phi) is 7.24. The van der Waals surface area contributed by atoms with Crippen LogP contribution in [0.1, 0.15) is 0 Å². The third-order valence-corrected chi connectivity index (χ3v) is 1.62. The van der Waals surface area contributed by atoms with Crippen molar-refractivity contribution in [3.05, 3.63) is 34.8 Å². The van der Waals surface area contributed by atoms with Crippen molar-refractivity contribution < 1.29 is 14.6 Å². The summed E-state index contributed by atoms with van der Waals surface area (Å²) < 4.78 is 5.14. The highest BCUT2D eigenvalue weighted by molar-refractivity contribution is 9.10. The predicted octanol–water partition coefficient (Wildman–Crippen LogP) is 1.60. The van der Waals surface area contributed by atoms with Crippen LogP contribution in [-0.4, -0.2) is 24.8 Å². The van der Waals surface area contributed by atoms with Crippen LogP contribution < -0.4 is 0 Å². The number of esters is 1. The van der Waals surface area contributed by atoms with Crippen LogP contribution in [0.25, 0.3) is 0 Å². The molecule has 1 rings (SSSR count). The summed E-state index contributed by atoms with van der Waals surface area (Å²) in [6.45, 7) is -0.531. The van der Waals surface area contributed by atoms with Gasteiger partial charge in [0.15, 0.2) is 0 Å². The van der Waals surface area contributed by atoms with E-state index in [1.807, 2.05) is 30.3 Å². The van der Waals surface area contributed by atoms with Gasteiger partial charge in [0, 0.05) is 4.47 Å². The van der Waals surface area contributed by atoms with Crippen molar-refractivity contribution in [2.75, 3.05) is 13.7 Å². The fraction of sp³-hybridized carbons (Fsp3) is 0.222. The highest BCUT2D eigenvalue weighted by Gasteiger charge is 1.89. The van der Waals surface area contributed by atoms with Gasteiger partial charge in [-0.1, -0.05) is 34.1 Å². The van der Waals surface area contributed by atoms with Crippen LogP contribution in [0.4, 0.5) is 0 Å². The zero-order valence-electron chi connectivity index (χ0n) is 7.24. The molecule has 0 fully saturated rings. The molecule has 0 aliphatic heterocycles. The van der Waals surface area contributed by atoms with Gasteiger partial charge in [0.1, 0.15) is 6.61 Å². The molecule has 3 nitrogen and oxygen atoms in total. The molecule has 0 aliphatic carbocycles. The average molecular weight is 247 g/mol. The molecule has 0 heterocycles. The van der Waals surface area contributed by atoms with Gasteiger partial charge in [0.25, 0.3) is 0 Å². The van der Waals surface area contributed by atoms with Gasteiger partial charge in [-0.25, -0.2) is 4.79 Å². The number of carbonyl (C=O) groups excluding carboxylic acids is 1. The first-order valence-electron chi connectivity index (χ1n) is 3.59. The lowest BCUT2D eigenvalue weighted by Crippen LogP contribution is -2.04. The molecule has 13 heavy (non-hydrogen) atoms. The molecule has 0 spiro atoms. The molecule has 0 radical (unpaired) electrons. The maximum absolute atomic E-state index is 9.71. The Hall–Kier alpha value is -0.870. The SMILES string of the molecule is Brc1ccccc1.COC(=O)CO. The Balaban J connectivity index is 0.000000226. The number of ether oxygens (including phenoxy) is 1. The number of aliphatic hydroxyl groups excluding tert-OH is 1. The van der Waals surface area contributed by atoms with Crippen molar-refractivity contribution in [1.82, 2.24) is 0 Å². The van der Waals surface area contributed by atoms with Gasteiger partial charge >= 0.3 is 5.97 Å². The molecule has 0 amide bonds. The molecule has 1 aromatic carbocycles. The van der Waals surface area contributed by atoms with E-state index < -0.39 is 12.6 Å². The minimum Gasteiger partial charge on any atom is -0.467 e. The second-order valence-electron chi connectivity index (χ2n) is 2.03. The number of benzene rings is 1. The summed E-state index contributed by atoms with van der Waals surface area (Å²) in [5.41, 5.74) is 0. The topological polar surface area (TPSA) is 46.5 Å². The maximum atomic E-state index is 9.71. The average Bonchev–Trinajstić information content (AvgIpc) is 2.19. The van der Waals surface area contributed by atoms with E-state index in [0.29, 0.717) is 0 Å². The van der Waals surface area contributed by atoms with E-state index in [1.54, 1.807) is 0 Å². The number of aliphatic hydroxyl groups is 1. The van der Waals surface area contributed by atoms with Crippen LogP contribution >= 0.6 is 15.9 Å². The standard InChI is InChI=1S/C6H5Br.C3H6O3/c7-6-4-2-1-3-5-6;1-6-3(5)2-4/h1-5H;4H,2H2,1H3. The third-order valence-electron chi connectivity index (χ3n) is 1.09. The molecule has 0 saturated heterocycles. The van der Waals surface area contributed by atoms with Gasteiger partial charge in [0.05, 0.1) is 7.11 Å². The molecular formula is C9H11BrO3. The lowest BCUT2D eigenvalue weighted by molar-refractivity contribution is -0.143. The molecule has 0 aromatic heterocycles. The number of hydrogen-bond donors (Lipinski definition) is 1. The lowest BCUT2D eigenvalue weighted by Gasteiger charge is -1.86. The first-order valence-corrected chi connectivity index (χ1v) is 4.38. The summed E-state index contributed by atoms with van der Waals surface area (Å²) in [4.78, 5) is 9.71. The van der Waals surface area contributed by atoms with E-state index in [-0.39, 0.29) is 0 Å². The molecular weight excluding hydrogens is 236 g/mol. The fourth-order valence-electron chi connectivity index (χ4n) is 0.479. The lowest BCUT2D eigenvalue weighted by atomic mass is 10.4. The Bertz CT molecular complexity index is 230. The zero-order valence-corrected chi connectivity index (χ0v) is 8.82. The molecule has 0 bridgehead atoms. The summed E-state index contributed by atoms with van der Waals surface area (Å²) >= 11 is 3.31. The fourth-order valence-corrected chi connectivity index (χ4v) is 0.784. The molecule has 4 heteroatoms. The summed E-state index contributed by atoms with van der Waals surface area (Å²) in [5.74, 6) is -0.602. The highest BCUT2D eigenvalue weighted by atomic mass is 79.9. The summed E-state index contributed by atoms with van der Waals surface area (Å²) in [7, 11) is 1.22. The number of rotatable bonds is 1. The Morgan fingerprint density at radius 2 is 2.00 bits per heavy atom. The van der Waals surface area contributed by atoms with Gasteiger partial charge in [0.2, 0.25) is 0 Å². The normalized spacial score (nSPS) is 8.23. The van der Waals surface area contributed by atoms with Crippen LogP contribution in [0.5, 0.6) is 0 Å². The molecule has 0 unspecified atom stereocenters. The van der Waals surface area contributed by atoms with Gasteiger partial charge in [-0.05, 0) is 12.1 Å². The van der Waals surface area contributed by atoms with Crippen LogP contribution in [0, 0.1) is 0 Å². The van der Waals surface area contributed by atoms with Gasteiger partial charge < -0.3 is 9.84 Å². The van der Waals surface area contributed by atoms with Crippen molar-refractivity contribution in [2.24, 2.45) is 0 Å². The molecule has 72 valence electrons. The van der Waals surface area contributed by atoms with Crippen molar-refractivity contribution in [1.29, 1.82) is 0 Å². The second kappa shape index (κ2) is 7.76. The van der Waals surface area contributed by atoms with E-state index in [9.17, 15) is 4.79 Å². The smallest absolute Gasteiger partial charge is 0.331 e. The molecule has 0 atom stereocenters. The minimum atomic E-state index is -0.602. The number of halogens is 1. The van der Waals surface area contributed by atoms with E-state index in [0.717, 1.165) is 4.47 Å². The second-order valence-corrected chi connectivity index (χ2v) is 2.95. The van der Waals surface area contributed by atoms with Crippen molar-refractivity contribution >= 4 is 21.9 Å². The Labute approximate surface area is 85.5 Å². The van der Waals surface area contributed by atoms with Crippen molar-refractivity contribution in [2.45, 2.75) is 0 Å². The van der Waals surface area contributed by atoms with E-state index in [1.165, 1.54) is 7.11 Å². The van der Waals surface area contributed by atoms with E-state index in [4.69, 9.17) is 5.11 Å². The largest absolute Gasteiger partial charge is 0.467 e. The summed E-state index contributed by atoms with van der Waals surface area (Å²) in [5, 5.41) is 7.86. The van der Waals surface area contributed by atoms with Crippen LogP contribution in [-0.2, 0) is 9.53 Å². The maximum Gasteiger partial charge on any atom is 0.331 e. The summed E-state index contributed by atoms with van der Waals surface area (Å²) in [6.07, 6.45) is 0. The monoisotopic (exact) mass is 246 g/mol. The Morgan fingerprint density at radius 3 is 2.15 bits per heavy atom. The van der Waals surface area contributed by atoms with Crippen LogP contribution in [0.3, 0.4) is 0 Å². The third kappa shape index (κ3) is 7.49. The van der Waals surface area contributed by atoms with Gasteiger partial charge in [-0.3, -0.25) is 0 Å². The van der Waals surface area contributed by atoms with Crippen molar-refractivity contribution in [3.8, 4) is 0 Å². The summed E-state index contributed by atoms with van der Waals surface area (Å²) in [6, 6.07) is 9.97. The predicted molar refractivity (Wildman–Crippen MR) is 53.2 cm³/mol.